The third-order valence-electron chi connectivity index (χ3n) is 3.87. The highest BCUT2D eigenvalue weighted by atomic mass is 32.1. The summed E-state index contributed by atoms with van der Waals surface area (Å²) >= 11 is 1.54. The largest absolute Gasteiger partial charge is 0.459 e. The summed E-state index contributed by atoms with van der Waals surface area (Å²) in [5, 5.41) is 20.1. The van der Waals surface area contributed by atoms with E-state index in [0.29, 0.717) is 19.0 Å². The van der Waals surface area contributed by atoms with E-state index >= 15 is 0 Å². The van der Waals surface area contributed by atoms with Gasteiger partial charge in [0.1, 0.15) is 23.5 Å². The van der Waals surface area contributed by atoms with Gasteiger partial charge in [-0.25, -0.2) is 4.99 Å². The number of guanidine groups is 1. The highest BCUT2D eigenvalue weighted by Crippen LogP contribution is 2.24. The van der Waals surface area contributed by atoms with Crippen LogP contribution in [-0.2, 0) is 12.1 Å². The van der Waals surface area contributed by atoms with Crippen molar-refractivity contribution < 1.29 is 9.52 Å². The molecule has 0 bridgehead atoms. The Morgan fingerprint density at radius 3 is 2.80 bits per heavy atom. The molecule has 6 heteroatoms. The predicted octanol–water partition coefficient (Wildman–Crippen LogP) is 3.46. The molecule has 0 saturated carbocycles. The zero-order valence-electron chi connectivity index (χ0n) is 14.5. The summed E-state index contributed by atoms with van der Waals surface area (Å²) < 4.78 is 5.79. The van der Waals surface area contributed by atoms with Gasteiger partial charge in [-0.1, -0.05) is 24.3 Å². The number of nitrogens with zero attached hydrogens (tertiary/aromatic N) is 1. The van der Waals surface area contributed by atoms with E-state index in [0.717, 1.165) is 28.2 Å². The first-order chi connectivity index (χ1) is 12.1. The SMILES string of the molecule is CCNC(=NCc1cc2ccccc2o1)NCC(C)(O)c1cccs1. The van der Waals surface area contributed by atoms with Crippen LogP contribution in [0.4, 0.5) is 0 Å². The van der Waals surface area contributed by atoms with E-state index in [2.05, 4.69) is 15.6 Å². The van der Waals surface area contributed by atoms with Gasteiger partial charge in [0.15, 0.2) is 5.96 Å². The monoisotopic (exact) mass is 357 g/mol. The van der Waals surface area contributed by atoms with Crippen LogP contribution in [0.1, 0.15) is 24.5 Å². The van der Waals surface area contributed by atoms with E-state index in [4.69, 9.17) is 4.42 Å². The van der Waals surface area contributed by atoms with Crippen LogP contribution >= 0.6 is 11.3 Å². The van der Waals surface area contributed by atoms with Crippen LogP contribution in [0.25, 0.3) is 11.0 Å². The predicted molar refractivity (Wildman–Crippen MR) is 103 cm³/mol. The topological polar surface area (TPSA) is 69.8 Å². The molecule has 1 unspecified atom stereocenters. The molecule has 1 aromatic carbocycles. The van der Waals surface area contributed by atoms with Crippen molar-refractivity contribution in [2.24, 2.45) is 4.99 Å². The van der Waals surface area contributed by atoms with Crippen molar-refractivity contribution in [3.8, 4) is 0 Å². The first kappa shape index (κ1) is 17.5. The molecule has 0 radical (unpaired) electrons. The molecular weight excluding hydrogens is 334 g/mol. The molecule has 0 fully saturated rings. The number of furan rings is 1. The van der Waals surface area contributed by atoms with Crippen molar-refractivity contribution in [2.75, 3.05) is 13.1 Å². The number of aliphatic hydroxyl groups is 1. The second-order valence-corrected chi connectivity index (χ2v) is 7.00. The Morgan fingerprint density at radius 1 is 1.24 bits per heavy atom. The first-order valence-corrected chi connectivity index (χ1v) is 9.22. The number of para-hydroxylation sites is 1. The quantitative estimate of drug-likeness (QED) is 0.467. The fourth-order valence-corrected chi connectivity index (χ4v) is 3.33. The summed E-state index contributed by atoms with van der Waals surface area (Å²) in [5.41, 5.74) is -0.0738. The van der Waals surface area contributed by atoms with E-state index in [1.54, 1.807) is 18.3 Å². The minimum absolute atomic E-state index is 0.374. The lowest BCUT2D eigenvalue weighted by Gasteiger charge is -2.23. The van der Waals surface area contributed by atoms with Crippen LogP contribution < -0.4 is 10.6 Å². The van der Waals surface area contributed by atoms with Gasteiger partial charge in [0.05, 0.1) is 6.54 Å². The minimum atomic E-state index is -0.941. The second kappa shape index (κ2) is 7.72. The van der Waals surface area contributed by atoms with Crippen molar-refractivity contribution in [3.63, 3.8) is 0 Å². The van der Waals surface area contributed by atoms with Crippen molar-refractivity contribution >= 4 is 28.3 Å². The summed E-state index contributed by atoms with van der Waals surface area (Å²) in [6.45, 7) is 5.36. The molecule has 3 N–H and O–H groups in total. The minimum Gasteiger partial charge on any atom is -0.459 e. The molecule has 132 valence electrons. The van der Waals surface area contributed by atoms with Crippen LogP contribution in [-0.4, -0.2) is 24.2 Å². The molecule has 1 atom stereocenters. The van der Waals surface area contributed by atoms with E-state index in [1.807, 2.05) is 54.8 Å². The Labute approximate surface area is 151 Å². The third-order valence-corrected chi connectivity index (χ3v) is 4.99. The van der Waals surface area contributed by atoms with Gasteiger partial charge in [-0.3, -0.25) is 0 Å². The highest BCUT2D eigenvalue weighted by molar-refractivity contribution is 7.10. The van der Waals surface area contributed by atoms with Gasteiger partial charge in [0, 0.05) is 16.8 Å². The van der Waals surface area contributed by atoms with Gasteiger partial charge >= 0.3 is 0 Å². The number of benzene rings is 1. The Bertz CT molecular complexity index is 804. The number of rotatable bonds is 6. The van der Waals surface area contributed by atoms with Gasteiger partial charge < -0.3 is 20.2 Å². The molecule has 2 heterocycles. The standard InChI is InChI=1S/C19H23N3O2S/c1-3-20-18(22-13-19(2,23)17-9-6-10-25-17)21-12-15-11-14-7-4-5-8-16(14)24-15/h4-11,23H,3,12-13H2,1-2H3,(H2,20,21,22). The molecular formula is C19H23N3O2S. The fraction of sp³-hybridized carbons (Fsp3) is 0.316. The first-order valence-electron chi connectivity index (χ1n) is 8.34. The summed E-state index contributed by atoms with van der Waals surface area (Å²) in [5.74, 6) is 1.46. The number of thiophene rings is 1. The highest BCUT2D eigenvalue weighted by Gasteiger charge is 2.24. The van der Waals surface area contributed by atoms with Crippen LogP contribution in [0.2, 0.25) is 0 Å². The molecule has 3 aromatic rings. The molecule has 25 heavy (non-hydrogen) atoms. The van der Waals surface area contributed by atoms with Crippen LogP contribution in [0.3, 0.4) is 0 Å². The lowest BCUT2D eigenvalue weighted by atomic mass is 10.1. The second-order valence-electron chi connectivity index (χ2n) is 6.05. The van der Waals surface area contributed by atoms with Gasteiger partial charge in [0.25, 0.3) is 0 Å². The maximum absolute atomic E-state index is 10.6. The summed E-state index contributed by atoms with van der Waals surface area (Å²) in [6, 6.07) is 13.8. The Balaban J connectivity index is 1.66. The summed E-state index contributed by atoms with van der Waals surface area (Å²) in [7, 11) is 0. The fourth-order valence-electron chi connectivity index (χ4n) is 2.54. The van der Waals surface area contributed by atoms with Gasteiger partial charge in [0.2, 0.25) is 0 Å². The third kappa shape index (κ3) is 4.41. The number of aliphatic imine (C=N–C) groups is 1. The van der Waals surface area contributed by atoms with E-state index < -0.39 is 5.60 Å². The zero-order chi connectivity index (χ0) is 17.7. The molecule has 0 saturated heterocycles. The number of nitrogens with one attached hydrogen (secondary N) is 2. The molecule has 0 spiro atoms. The lowest BCUT2D eigenvalue weighted by Crippen LogP contribution is -2.44. The van der Waals surface area contributed by atoms with Crippen molar-refractivity contribution in [2.45, 2.75) is 26.0 Å². The molecule has 3 rings (SSSR count). The number of hydrogen-bond donors (Lipinski definition) is 3. The Morgan fingerprint density at radius 2 is 2.08 bits per heavy atom. The Kier molecular flexibility index (Phi) is 5.40. The van der Waals surface area contributed by atoms with Crippen molar-refractivity contribution in [1.82, 2.24) is 10.6 Å². The van der Waals surface area contributed by atoms with Crippen LogP contribution in [0.15, 0.2) is 57.3 Å². The van der Waals surface area contributed by atoms with Crippen molar-refractivity contribution in [3.05, 3.63) is 58.5 Å². The van der Waals surface area contributed by atoms with Gasteiger partial charge in [-0.15, -0.1) is 11.3 Å². The number of fused-ring (bicyclic) bond motifs is 1. The molecule has 0 amide bonds. The molecule has 0 aliphatic heterocycles. The molecule has 2 aromatic heterocycles. The van der Waals surface area contributed by atoms with E-state index in [1.165, 1.54) is 0 Å². The summed E-state index contributed by atoms with van der Waals surface area (Å²) in [6.07, 6.45) is 0. The normalized spacial score (nSPS) is 14.4. The molecule has 0 aliphatic carbocycles. The lowest BCUT2D eigenvalue weighted by molar-refractivity contribution is 0.0655. The Hall–Kier alpha value is -2.31. The van der Waals surface area contributed by atoms with Gasteiger partial charge in [-0.2, -0.15) is 0 Å². The zero-order valence-corrected chi connectivity index (χ0v) is 15.3. The van der Waals surface area contributed by atoms with Crippen molar-refractivity contribution in [1.29, 1.82) is 0 Å². The average molecular weight is 357 g/mol. The maximum Gasteiger partial charge on any atom is 0.191 e. The van der Waals surface area contributed by atoms with Crippen LogP contribution in [0, 0.1) is 0 Å². The van der Waals surface area contributed by atoms with Crippen LogP contribution in [0.5, 0.6) is 0 Å². The average Bonchev–Trinajstić information content (AvgIpc) is 3.26. The van der Waals surface area contributed by atoms with E-state index in [-0.39, 0.29) is 0 Å². The summed E-state index contributed by atoms with van der Waals surface area (Å²) in [4.78, 5) is 5.48. The maximum atomic E-state index is 10.6. The smallest absolute Gasteiger partial charge is 0.191 e. The molecule has 0 aliphatic rings. The van der Waals surface area contributed by atoms with E-state index in [9.17, 15) is 5.11 Å². The number of hydrogen-bond acceptors (Lipinski definition) is 4. The van der Waals surface area contributed by atoms with Gasteiger partial charge in [-0.05, 0) is 37.4 Å². The molecule has 5 nitrogen and oxygen atoms in total.